The van der Waals surface area contributed by atoms with Gasteiger partial charge in [-0.15, -0.1) is 0 Å². The molecule has 1 saturated heterocycles. The van der Waals surface area contributed by atoms with Crippen molar-refractivity contribution in [3.8, 4) is 5.75 Å². The Morgan fingerprint density at radius 2 is 1.58 bits per heavy atom. The van der Waals surface area contributed by atoms with E-state index in [0.717, 1.165) is 22.3 Å². The van der Waals surface area contributed by atoms with Crippen molar-refractivity contribution in [3.05, 3.63) is 58.1 Å². The van der Waals surface area contributed by atoms with Crippen LogP contribution in [-0.2, 0) is 19.6 Å². The number of esters is 1. The van der Waals surface area contributed by atoms with Gasteiger partial charge in [-0.25, -0.2) is 8.42 Å². The minimum absolute atomic E-state index is 0.189. The van der Waals surface area contributed by atoms with Crippen molar-refractivity contribution in [1.82, 2.24) is 4.31 Å². The third kappa shape index (κ3) is 5.28. The molecule has 178 valence electrons. The quantitative estimate of drug-likeness (QED) is 0.449. The number of hydrogen-bond donors (Lipinski definition) is 0. The summed E-state index contributed by atoms with van der Waals surface area (Å²) in [5.41, 5.74) is 4.71. The molecule has 2 aromatic rings. The molecule has 0 amide bonds. The number of piperidine rings is 1. The number of methoxy groups -OCH3 is 1. The van der Waals surface area contributed by atoms with Crippen molar-refractivity contribution in [2.75, 3.05) is 26.8 Å². The van der Waals surface area contributed by atoms with E-state index >= 15 is 0 Å². The first-order valence-electron chi connectivity index (χ1n) is 11.0. The van der Waals surface area contributed by atoms with Crippen LogP contribution >= 0.6 is 0 Å². The SMILES string of the molecule is COc1ccc(S(=O)(=O)N2CCC(C(=O)OCC(=O)c3cc(C)c(C)c(C)c3C)CC2)cc1. The molecule has 0 unspecified atom stereocenters. The van der Waals surface area contributed by atoms with E-state index in [0.29, 0.717) is 24.2 Å². The highest BCUT2D eigenvalue weighted by Crippen LogP contribution is 2.26. The summed E-state index contributed by atoms with van der Waals surface area (Å²) in [6.07, 6.45) is 0.703. The van der Waals surface area contributed by atoms with E-state index < -0.39 is 21.9 Å². The summed E-state index contributed by atoms with van der Waals surface area (Å²) in [7, 11) is -2.12. The average molecular weight is 474 g/mol. The summed E-state index contributed by atoms with van der Waals surface area (Å²) in [4.78, 5) is 25.4. The van der Waals surface area contributed by atoms with Crippen molar-refractivity contribution in [2.24, 2.45) is 5.92 Å². The number of carbonyl (C=O) groups is 2. The fraction of sp³-hybridized carbons (Fsp3) is 0.440. The van der Waals surface area contributed by atoms with Gasteiger partial charge in [0.2, 0.25) is 15.8 Å². The maximum absolute atomic E-state index is 12.9. The Morgan fingerprint density at radius 3 is 2.15 bits per heavy atom. The summed E-state index contributed by atoms with van der Waals surface area (Å²) in [6, 6.07) is 8.07. The molecule has 0 saturated carbocycles. The molecule has 3 rings (SSSR count). The largest absolute Gasteiger partial charge is 0.497 e. The molecule has 0 radical (unpaired) electrons. The molecule has 7 nitrogen and oxygen atoms in total. The van der Waals surface area contributed by atoms with Gasteiger partial charge in [0.05, 0.1) is 17.9 Å². The Kier molecular flexibility index (Phi) is 7.59. The van der Waals surface area contributed by atoms with Gasteiger partial charge in [-0.2, -0.15) is 4.31 Å². The summed E-state index contributed by atoms with van der Waals surface area (Å²) >= 11 is 0. The predicted molar refractivity (Wildman–Crippen MR) is 125 cm³/mol. The predicted octanol–water partition coefficient (Wildman–Crippen LogP) is 3.76. The minimum Gasteiger partial charge on any atom is -0.497 e. The summed E-state index contributed by atoms with van der Waals surface area (Å²) in [5, 5.41) is 0. The van der Waals surface area contributed by atoms with Gasteiger partial charge in [0, 0.05) is 18.7 Å². The molecule has 33 heavy (non-hydrogen) atoms. The van der Waals surface area contributed by atoms with Crippen molar-refractivity contribution in [3.63, 3.8) is 0 Å². The van der Waals surface area contributed by atoms with Crippen LogP contribution < -0.4 is 4.74 Å². The van der Waals surface area contributed by atoms with Crippen LogP contribution in [0.1, 0.15) is 45.5 Å². The van der Waals surface area contributed by atoms with Crippen LogP contribution in [0.15, 0.2) is 35.2 Å². The van der Waals surface area contributed by atoms with Crippen molar-refractivity contribution in [2.45, 2.75) is 45.4 Å². The maximum Gasteiger partial charge on any atom is 0.309 e. The lowest BCUT2D eigenvalue weighted by molar-refractivity contribution is -0.148. The Bertz CT molecular complexity index is 1150. The molecule has 0 aliphatic carbocycles. The van der Waals surface area contributed by atoms with Crippen molar-refractivity contribution in [1.29, 1.82) is 0 Å². The van der Waals surface area contributed by atoms with Gasteiger partial charge in [-0.1, -0.05) is 0 Å². The highest BCUT2D eigenvalue weighted by Gasteiger charge is 2.33. The number of carbonyl (C=O) groups excluding carboxylic acids is 2. The molecule has 0 aromatic heterocycles. The molecule has 1 aliphatic rings. The van der Waals surface area contributed by atoms with Crippen LogP contribution in [0.2, 0.25) is 0 Å². The first kappa shape index (κ1) is 24.9. The molecule has 1 aliphatic heterocycles. The molecule has 0 N–H and O–H groups in total. The molecular formula is C25H31NO6S. The van der Waals surface area contributed by atoms with Crippen LogP contribution in [0, 0.1) is 33.6 Å². The second-order valence-electron chi connectivity index (χ2n) is 8.50. The second kappa shape index (κ2) is 10.1. The molecule has 0 spiro atoms. The first-order chi connectivity index (χ1) is 15.6. The van der Waals surface area contributed by atoms with E-state index in [2.05, 4.69) is 0 Å². The second-order valence-corrected chi connectivity index (χ2v) is 10.4. The van der Waals surface area contributed by atoms with Crippen LogP contribution in [0.25, 0.3) is 0 Å². The van der Waals surface area contributed by atoms with Gasteiger partial charge in [0.25, 0.3) is 0 Å². The van der Waals surface area contributed by atoms with Gasteiger partial charge in [0.15, 0.2) is 6.61 Å². The zero-order valence-electron chi connectivity index (χ0n) is 19.8. The standard InChI is InChI=1S/C25H31NO6S/c1-16-14-23(19(4)18(3)17(16)2)24(27)15-32-25(28)20-10-12-26(13-11-20)33(29,30)22-8-6-21(31-5)7-9-22/h6-9,14,20H,10-13,15H2,1-5H3. The smallest absolute Gasteiger partial charge is 0.309 e. The lowest BCUT2D eigenvalue weighted by Gasteiger charge is -2.30. The molecule has 1 fully saturated rings. The monoisotopic (exact) mass is 473 g/mol. The Balaban J connectivity index is 1.57. The van der Waals surface area contributed by atoms with E-state index in [4.69, 9.17) is 9.47 Å². The van der Waals surface area contributed by atoms with E-state index in [9.17, 15) is 18.0 Å². The Hall–Kier alpha value is -2.71. The number of benzene rings is 2. The van der Waals surface area contributed by atoms with E-state index in [1.54, 1.807) is 12.1 Å². The van der Waals surface area contributed by atoms with Crippen LogP contribution in [0.4, 0.5) is 0 Å². The number of rotatable bonds is 7. The van der Waals surface area contributed by atoms with Crippen LogP contribution in [0.3, 0.4) is 0 Å². The normalized spacial score (nSPS) is 15.3. The zero-order valence-corrected chi connectivity index (χ0v) is 20.6. The van der Waals surface area contributed by atoms with Crippen molar-refractivity contribution >= 4 is 21.8 Å². The van der Waals surface area contributed by atoms with E-state index in [1.807, 2.05) is 33.8 Å². The first-order valence-corrected chi connectivity index (χ1v) is 12.4. The van der Waals surface area contributed by atoms with Gasteiger partial charge >= 0.3 is 5.97 Å². The molecule has 0 atom stereocenters. The molecule has 1 heterocycles. The number of aryl methyl sites for hydroxylation is 1. The Morgan fingerprint density at radius 1 is 0.970 bits per heavy atom. The fourth-order valence-electron chi connectivity index (χ4n) is 4.06. The molecular weight excluding hydrogens is 442 g/mol. The third-order valence-electron chi connectivity index (χ3n) is 6.61. The molecule has 0 bridgehead atoms. The van der Waals surface area contributed by atoms with E-state index in [1.165, 1.54) is 23.5 Å². The minimum atomic E-state index is -3.64. The van der Waals surface area contributed by atoms with Crippen LogP contribution in [-0.4, -0.2) is 51.3 Å². The number of sulfonamides is 1. The van der Waals surface area contributed by atoms with Gasteiger partial charge in [0.1, 0.15) is 5.75 Å². The van der Waals surface area contributed by atoms with Gasteiger partial charge < -0.3 is 9.47 Å². The number of hydrogen-bond acceptors (Lipinski definition) is 6. The highest BCUT2D eigenvalue weighted by molar-refractivity contribution is 7.89. The number of Topliss-reactive ketones (excluding diaryl/α,β-unsaturated/α-hetero) is 1. The summed E-state index contributed by atoms with van der Waals surface area (Å²) in [6.45, 7) is 7.98. The summed E-state index contributed by atoms with van der Waals surface area (Å²) < 4.78 is 37.5. The van der Waals surface area contributed by atoms with Gasteiger partial charge in [-0.3, -0.25) is 9.59 Å². The van der Waals surface area contributed by atoms with E-state index in [-0.39, 0.29) is 30.4 Å². The summed E-state index contributed by atoms with van der Waals surface area (Å²) in [5.74, 6) is -0.534. The topological polar surface area (TPSA) is 90.0 Å². The fourth-order valence-corrected chi connectivity index (χ4v) is 5.53. The lowest BCUT2D eigenvalue weighted by Crippen LogP contribution is -2.40. The number of ether oxygens (including phenoxy) is 2. The van der Waals surface area contributed by atoms with Crippen molar-refractivity contribution < 1.29 is 27.5 Å². The number of ketones is 1. The number of nitrogens with zero attached hydrogens (tertiary/aromatic N) is 1. The molecule has 8 heteroatoms. The average Bonchev–Trinajstić information content (AvgIpc) is 2.83. The lowest BCUT2D eigenvalue weighted by atomic mass is 9.93. The maximum atomic E-state index is 12.9. The Labute approximate surface area is 195 Å². The zero-order chi connectivity index (χ0) is 24.3. The van der Waals surface area contributed by atoms with Crippen LogP contribution in [0.5, 0.6) is 5.75 Å². The highest BCUT2D eigenvalue weighted by atomic mass is 32.2. The van der Waals surface area contributed by atoms with Gasteiger partial charge in [-0.05, 0) is 93.1 Å². The third-order valence-corrected chi connectivity index (χ3v) is 8.52. The molecule has 2 aromatic carbocycles.